The largest absolute Gasteiger partial charge is 0.379 e. The molecule has 2 aliphatic rings. The second kappa shape index (κ2) is 6.72. The first-order chi connectivity index (χ1) is 8.29. The van der Waals surface area contributed by atoms with Gasteiger partial charge in [0.1, 0.15) is 0 Å². The van der Waals surface area contributed by atoms with Crippen molar-refractivity contribution in [1.82, 2.24) is 4.90 Å². The lowest BCUT2D eigenvalue weighted by molar-refractivity contribution is 0.167. The van der Waals surface area contributed by atoms with Gasteiger partial charge in [-0.1, -0.05) is 19.8 Å². The Bertz CT molecular complexity index is 222. The third kappa shape index (κ3) is 3.94. The molecule has 0 amide bonds. The van der Waals surface area contributed by atoms with Gasteiger partial charge in [-0.05, 0) is 38.3 Å². The molecule has 3 unspecified atom stereocenters. The normalized spacial score (nSPS) is 36.0. The Morgan fingerprint density at radius 1 is 1.24 bits per heavy atom. The van der Waals surface area contributed by atoms with E-state index in [1.54, 1.807) is 0 Å². The minimum Gasteiger partial charge on any atom is -0.379 e. The van der Waals surface area contributed by atoms with E-state index in [1.807, 2.05) is 0 Å². The van der Waals surface area contributed by atoms with E-state index in [9.17, 15) is 0 Å². The first-order valence-electron chi connectivity index (χ1n) is 7.35. The molecule has 2 N–H and O–H groups in total. The van der Waals surface area contributed by atoms with Crippen LogP contribution in [-0.2, 0) is 4.74 Å². The summed E-state index contributed by atoms with van der Waals surface area (Å²) in [5.74, 6) is 1.54. The van der Waals surface area contributed by atoms with Gasteiger partial charge in [-0.3, -0.25) is 0 Å². The fraction of sp³-hybridized carbons (Fsp3) is 1.00. The molecule has 0 bridgehead atoms. The average molecular weight is 240 g/mol. The average Bonchev–Trinajstić information content (AvgIpc) is 2.59. The third-order valence-corrected chi connectivity index (χ3v) is 4.38. The van der Waals surface area contributed by atoms with Gasteiger partial charge in [0.2, 0.25) is 0 Å². The Kier molecular flexibility index (Phi) is 5.26. The second-order valence-corrected chi connectivity index (χ2v) is 5.85. The molecule has 2 heterocycles. The molecule has 0 radical (unpaired) electrons. The van der Waals surface area contributed by atoms with E-state index in [0.29, 0.717) is 5.92 Å². The van der Waals surface area contributed by atoms with Crippen LogP contribution in [0.5, 0.6) is 0 Å². The molecule has 17 heavy (non-hydrogen) atoms. The van der Waals surface area contributed by atoms with Crippen molar-refractivity contribution in [2.75, 3.05) is 32.8 Å². The zero-order valence-corrected chi connectivity index (χ0v) is 11.2. The van der Waals surface area contributed by atoms with Crippen LogP contribution in [-0.4, -0.2) is 43.8 Å². The van der Waals surface area contributed by atoms with Gasteiger partial charge in [0, 0.05) is 18.5 Å². The van der Waals surface area contributed by atoms with Crippen molar-refractivity contribution in [3.05, 3.63) is 0 Å². The molecule has 2 rings (SSSR count). The van der Waals surface area contributed by atoms with Crippen LogP contribution in [0.25, 0.3) is 0 Å². The summed E-state index contributed by atoms with van der Waals surface area (Å²) >= 11 is 0. The summed E-state index contributed by atoms with van der Waals surface area (Å²) in [4.78, 5) is 2.62. The van der Waals surface area contributed by atoms with Crippen LogP contribution in [0.1, 0.15) is 39.0 Å². The molecule has 2 aliphatic heterocycles. The Morgan fingerprint density at radius 3 is 2.82 bits per heavy atom. The van der Waals surface area contributed by atoms with Crippen molar-refractivity contribution in [1.29, 1.82) is 0 Å². The van der Waals surface area contributed by atoms with Crippen molar-refractivity contribution in [3.8, 4) is 0 Å². The summed E-state index contributed by atoms with van der Waals surface area (Å²) in [7, 11) is 0. The van der Waals surface area contributed by atoms with E-state index in [-0.39, 0.29) is 6.04 Å². The fourth-order valence-electron chi connectivity index (χ4n) is 3.24. The van der Waals surface area contributed by atoms with Crippen molar-refractivity contribution in [2.45, 2.75) is 45.1 Å². The lowest BCUT2D eigenvalue weighted by Gasteiger charge is -2.25. The maximum absolute atomic E-state index is 6.06. The standard InChI is InChI=1S/C14H28N2O/c1-2-4-12-5-3-7-16(8-6-12)9-13-10-17-11-14(13)15/h12-14H,2-11,15H2,1H3. The maximum Gasteiger partial charge on any atom is 0.0621 e. The summed E-state index contributed by atoms with van der Waals surface area (Å²) in [6.07, 6.45) is 6.94. The Morgan fingerprint density at radius 2 is 2.12 bits per heavy atom. The zero-order valence-electron chi connectivity index (χ0n) is 11.2. The summed E-state index contributed by atoms with van der Waals surface area (Å²) < 4.78 is 5.45. The fourth-order valence-corrected chi connectivity index (χ4v) is 3.24. The Hall–Kier alpha value is -0.120. The number of likely N-dealkylation sites (tertiary alicyclic amines) is 1. The van der Waals surface area contributed by atoms with Crippen molar-refractivity contribution in [2.24, 2.45) is 17.6 Å². The quantitative estimate of drug-likeness (QED) is 0.815. The number of rotatable bonds is 4. The van der Waals surface area contributed by atoms with Crippen LogP contribution < -0.4 is 5.73 Å². The first-order valence-corrected chi connectivity index (χ1v) is 7.35. The predicted octanol–water partition coefficient (Wildman–Crippen LogP) is 1.86. The van der Waals surface area contributed by atoms with Crippen molar-refractivity contribution in [3.63, 3.8) is 0 Å². The lowest BCUT2D eigenvalue weighted by Crippen LogP contribution is -2.39. The molecule has 2 fully saturated rings. The lowest BCUT2D eigenvalue weighted by atomic mass is 9.96. The summed E-state index contributed by atoms with van der Waals surface area (Å²) in [6.45, 7) is 7.63. The van der Waals surface area contributed by atoms with Crippen molar-refractivity contribution >= 4 is 0 Å². The summed E-state index contributed by atoms with van der Waals surface area (Å²) in [5, 5.41) is 0. The minimum atomic E-state index is 0.268. The van der Waals surface area contributed by atoms with Gasteiger partial charge in [-0.2, -0.15) is 0 Å². The van der Waals surface area contributed by atoms with Gasteiger partial charge >= 0.3 is 0 Å². The van der Waals surface area contributed by atoms with E-state index >= 15 is 0 Å². The van der Waals surface area contributed by atoms with Crippen LogP contribution in [0.15, 0.2) is 0 Å². The number of nitrogens with two attached hydrogens (primary N) is 1. The molecule has 0 spiro atoms. The number of nitrogens with zero attached hydrogens (tertiary/aromatic N) is 1. The Balaban J connectivity index is 1.74. The highest BCUT2D eigenvalue weighted by Crippen LogP contribution is 2.23. The van der Waals surface area contributed by atoms with Crippen LogP contribution >= 0.6 is 0 Å². The highest BCUT2D eigenvalue weighted by Gasteiger charge is 2.27. The highest BCUT2D eigenvalue weighted by atomic mass is 16.5. The van der Waals surface area contributed by atoms with Crippen LogP contribution in [0.4, 0.5) is 0 Å². The van der Waals surface area contributed by atoms with Gasteiger partial charge in [0.05, 0.1) is 13.2 Å². The molecule has 0 aliphatic carbocycles. The molecule has 2 saturated heterocycles. The molecule has 3 nitrogen and oxygen atoms in total. The van der Waals surface area contributed by atoms with Crippen LogP contribution in [0, 0.1) is 11.8 Å². The predicted molar refractivity (Wildman–Crippen MR) is 71.0 cm³/mol. The molecule has 3 heteroatoms. The molecule has 3 atom stereocenters. The number of hydrogen-bond donors (Lipinski definition) is 1. The van der Waals surface area contributed by atoms with Crippen LogP contribution in [0.2, 0.25) is 0 Å². The van der Waals surface area contributed by atoms with E-state index < -0.39 is 0 Å². The molecule has 0 saturated carbocycles. The Labute approximate surface area is 106 Å². The number of ether oxygens (including phenoxy) is 1. The topological polar surface area (TPSA) is 38.5 Å². The van der Waals surface area contributed by atoms with E-state index in [1.165, 1.54) is 45.2 Å². The minimum absolute atomic E-state index is 0.268. The summed E-state index contributed by atoms with van der Waals surface area (Å²) in [5.41, 5.74) is 6.06. The summed E-state index contributed by atoms with van der Waals surface area (Å²) in [6, 6.07) is 0.268. The van der Waals surface area contributed by atoms with Gasteiger partial charge in [-0.25, -0.2) is 0 Å². The van der Waals surface area contributed by atoms with Crippen LogP contribution in [0.3, 0.4) is 0 Å². The molecule has 0 aromatic carbocycles. The zero-order chi connectivity index (χ0) is 12.1. The monoisotopic (exact) mass is 240 g/mol. The molecular weight excluding hydrogens is 212 g/mol. The molecule has 100 valence electrons. The molecular formula is C14H28N2O. The SMILES string of the molecule is CCCC1CCCN(CC2COCC2N)CC1. The highest BCUT2D eigenvalue weighted by molar-refractivity contribution is 4.82. The van der Waals surface area contributed by atoms with E-state index in [0.717, 1.165) is 25.7 Å². The maximum atomic E-state index is 6.06. The van der Waals surface area contributed by atoms with Gasteiger partial charge in [-0.15, -0.1) is 0 Å². The number of hydrogen-bond acceptors (Lipinski definition) is 3. The first kappa shape index (κ1) is 13.3. The molecule has 0 aromatic rings. The van der Waals surface area contributed by atoms with Gasteiger partial charge in [0.25, 0.3) is 0 Å². The van der Waals surface area contributed by atoms with E-state index in [4.69, 9.17) is 10.5 Å². The van der Waals surface area contributed by atoms with Gasteiger partial charge < -0.3 is 15.4 Å². The second-order valence-electron chi connectivity index (χ2n) is 5.85. The van der Waals surface area contributed by atoms with Gasteiger partial charge in [0.15, 0.2) is 0 Å². The smallest absolute Gasteiger partial charge is 0.0621 e. The van der Waals surface area contributed by atoms with Crippen molar-refractivity contribution < 1.29 is 4.74 Å². The molecule has 0 aromatic heterocycles. The third-order valence-electron chi connectivity index (χ3n) is 4.38. The van der Waals surface area contributed by atoms with E-state index in [2.05, 4.69) is 11.8 Å².